The first-order valence-electron chi connectivity index (χ1n) is 11.4. The van der Waals surface area contributed by atoms with Crippen molar-refractivity contribution in [1.82, 2.24) is 0 Å². The molecule has 2 aromatic rings. The molecule has 0 heterocycles. The zero-order chi connectivity index (χ0) is 27.1. The van der Waals surface area contributed by atoms with Crippen molar-refractivity contribution < 1.29 is 50.6 Å². The molecule has 0 aromatic heterocycles. The first-order valence-corrected chi connectivity index (χ1v) is 12.8. The summed E-state index contributed by atoms with van der Waals surface area (Å²) in [6.45, 7) is 3.64. The number of rotatable bonds is 17. The highest BCUT2D eigenvalue weighted by molar-refractivity contribution is 7.86. The largest absolute Gasteiger partial charge is 0.491 e. The Hall–Kier alpha value is -3.03. The minimum atomic E-state index is -3.80. The van der Waals surface area contributed by atoms with Crippen molar-refractivity contribution >= 4 is 22.1 Å². The van der Waals surface area contributed by atoms with Gasteiger partial charge in [0.15, 0.2) is 0 Å². The Morgan fingerprint density at radius 2 is 1.19 bits per heavy atom. The van der Waals surface area contributed by atoms with Gasteiger partial charge in [-0.1, -0.05) is 17.7 Å². The summed E-state index contributed by atoms with van der Waals surface area (Å²) in [5.41, 5.74) is 1.09. The highest BCUT2D eigenvalue weighted by Gasteiger charge is 2.19. The number of hydrogen-bond acceptors (Lipinski definition) is 11. The van der Waals surface area contributed by atoms with E-state index in [-0.39, 0.29) is 49.1 Å². The first kappa shape index (κ1) is 30.2. The Labute approximate surface area is 216 Å². The molecule has 0 N–H and O–H groups in total. The van der Waals surface area contributed by atoms with Crippen LogP contribution in [-0.2, 0) is 38.0 Å². The lowest BCUT2D eigenvalue weighted by molar-refractivity contribution is 0.00527. The third-order valence-corrected chi connectivity index (χ3v) is 6.14. The molecule has 37 heavy (non-hydrogen) atoms. The van der Waals surface area contributed by atoms with Crippen molar-refractivity contribution in [1.29, 1.82) is 0 Å². The van der Waals surface area contributed by atoms with Gasteiger partial charge in [-0.3, -0.25) is 4.18 Å². The number of methoxy groups -OCH3 is 2. The molecule has 0 aliphatic heterocycles. The summed E-state index contributed by atoms with van der Waals surface area (Å²) < 4.78 is 60.1. The summed E-state index contributed by atoms with van der Waals surface area (Å²) in [7, 11) is -1.36. The van der Waals surface area contributed by atoms with E-state index >= 15 is 0 Å². The second-order valence-electron chi connectivity index (χ2n) is 7.47. The molecular weight excluding hydrogens is 508 g/mol. The monoisotopic (exact) mass is 540 g/mol. The number of aryl methyl sites for hydroxylation is 1. The van der Waals surface area contributed by atoms with Gasteiger partial charge in [0.2, 0.25) is 0 Å². The molecule has 2 rings (SSSR count). The van der Waals surface area contributed by atoms with Gasteiger partial charge in [0.05, 0.1) is 76.5 Å². The Kier molecular flexibility index (Phi) is 13.0. The average Bonchev–Trinajstić information content (AvgIpc) is 2.90. The Balaban J connectivity index is 1.52. The van der Waals surface area contributed by atoms with E-state index in [2.05, 4.69) is 4.74 Å². The Bertz CT molecular complexity index is 1100. The average molecular weight is 541 g/mol. The summed E-state index contributed by atoms with van der Waals surface area (Å²) in [5, 5.41) is 0. The van der Waals surface area contributed by atoms with E-state index in [9.17, 15) is 18.0 Å². The van der Waals surface area contributed by atoms with Gasteiger partial charge in [-0.25, -0.2) is 9.59 Å². The van der Waals surface area contributed by atoms with Gasteiger partial charge in [-0.15, -0.1) is 0 Å². The van der Waals surface area contributed by atoms with Crippen LogP contribution in [0.4, 0.5) is 0 Å². The fraction of sp³-hybridized carbons (Fsp3) is 0.440. The number of esters is 2. The van der Waals surface area contributed by atoms with Gasteiger partial charge in [0.25, 0.3) is 10.1 Å². The van der Waals surface area contributed by atoms with Crippen LogP contribution in [0.3, 0.4) is 0 Å². The molecule has 11 nitrogen and oxygen atoms in total. The maximum Gasteiger partial charge on any atom is 0.338 e. The van der Waals surface area contributed by atoms with Gasteiger partial charge in [0.1, 0.15) is 12.4 Å². The van der Waals surface area contributed by atoms with E-state index in [4.69, 9.17) is 27.9 Å². The van der Waals surface area contributed by atoms with Gasteiger partial charge >= 0.3 is 11.9 Å². The van der Waals surface area contributed by atoms with Crippen LogP contribution in [0.1, 0.15) is 26.3 Å². The van der Waals surface area contributed by atoms with E-state index in [0.717, 1.165) is 5.56 Å². The minimum Gasteiger partial charge on any atom is -0.491 e. The van der Waals surface area contributed by atoms with Crippen LogP contribution < -0.4 is 4.74 Å². The van der Waals surface area contributed by atoms with Crippen LogP contribution in [0.25, 0.3) is 0 Å². The molecule has 0 saturated carbocycles. The lowest BCUT2D eigenvalue weighted by Crippen LogP contribution is -2.15. The summed E-state index contributed by atoms with van der Waals surface area (Å²) in [5.74, 6) is -0.955. The quantitative estimate of drug-likeness (QED) is 0.166. The molecule has 0 aliphatic rings. The van der Waals surface area contributed by atoms with Crippen molar-refractivity contribution in [3.8, 4) is 5.75 Å². The van der Waals surface area contributed by atoms with Crippen LogP contribution >= 0.6 is 0 Å². The maximum absolute atomic E-state index is 12.0. The highest BCUT2D eigenvalue weighted by atomic mass is 32.2. The third-order valence-electron chi connectivity index (χ3n) is 4.82. The molecule has 0 saturated heterocycles. The molecular formula is C25H32O11S. The van der Waals surface area contributed by atoms with Crippen LogP contribution in [0, 0.1) is 6.92 Å². The van der Waals surface area contributed by atoms with Crippen LogP contribution in [0.15, 0.2) is 47.4 Å². The van der Waals surface area contributed by atoms with Gasteiger partial charge in [0, 0.05) is 0 Å². The molecule has 0 spiro atoms. The fourth-order valence-corrected chi connectivity index (χ4v) is 3.81. The predicted octanol–water partition coefficient (Wildman–Crippen LogP) is 2.40. The summed E-state index contributed by atoms with van der Waals surface area (Å²) >= 11 is 0. The third kappa shape index (κ3) is 10.5. The molecule has 12 heteroatoms. The maximum atomic E-state index is 12.0. The van der Waals surface area contributed by atoms with E-state index in [1.807, 2.05) is 6.92 Å². The number of ether oxygens (including phenoxy) is 6. The lowest BCUT2D eigenvalue weighted by Gasteiger charge is -2.11. The fourth-order valence-electron chi connectivity index (χ4n) is 2.92. The second kappa shape index (κ2) is 15.9. The summed E-state index contributed by atoms with van der Waals surface area (Å²) in [6.07, 6.45) is 0. The van der Waals surface area contributed by atoms with E-state index in [0.29, 0.717) is 25.6 Å². The van der Waals surface area contributed by atoms with Crippen molar-refractivity contribution in [3.63, 3.8) is 0 Å². The van der Waals surface area contributed by atoms with Crippen molar-refractivity contribution in [3.05, 3.63) is 59.2 Å². The molecule has 0 bridgehead atoms. The minimum absolute atomic E-state index is 0.0443. The predicted molar refractivity (Wildman–Crippen MR) is 131 cm³/mol. The number of carbonyl (C=O) groups excluding carboxylic acids is 2. The second-order valence-corrected chi connectivity index (χ2v) is 9.08. The number of carbonyl (C=O) groups is 2. The summed E-state index contributed by atoms with van der Waals surface area (Å²) in [4.78, 5) is 23.8. The molecule has 0 radical (unpaired) electrons. The highest BCUT2D eigenvalue weighted by Crippen LogP contribution is 2.20. The van der Waals surface area contributed by atoms with Gasteiger partial charge in [-0.05, 0) is 37.3 Å². The first-order chi connectivity index (χ1) is 17.8. The smallest absolute Gasteiger partial charge is 0.338 e. The standard InChI is InChI=1S/C25H32O11S/c1-19-4-7-21(8-5-19)37(28,29)36-17-15-34-13-11-32-10-12-33-14-16-35-20-6-9-22(24(26)30-2)23(18-20)25(27)31-3/h4-9,18H,10-17H2,1-3H3. The van der Waals surface area contributed by atoms with Gasteiger partial charge in [-0.2, -0.15) is 8.42 Å². The Morgan fingerprint density at radius 1 is 0.676 bits per heavy atom. The van der Waals surface area contributed by atoms with Crippen LogP contribution in [0.2, 0.25) is 0 Å². The zero-order valence-corrected chi connectivity index (χ0v) is 21.9. The van der Waals surface area contributed by atoms with E-state index in [1.165, 1.54) is 38.5 Å². The van der Waals surface area contributed by atoms with Crippen molar-refractivity contribution in [2.75, 3.05) is 67.1 Å². The van der Waals surface area contributed by atoms with Gasteiger partial charge < -0.3 is 28.4 Å². The Morgan fingerprint density at radius 3 is 1.76 bits per heavy atom. The molecule has 0 fully saturated rings. The lowest BCUT2D eigenvalue weighted by atomic mass is 10.1. The molecule has 204 valence electrons. The van der Waals surface area contributed by atoms with Crippen LogP contribution in [-0.4, -0.2) is 87.4 Å². The van der Waals surface area contributed by atoms with Crippen molar-refractivity contribution in [2.45, 2.75) is 11.8 Å². The molecule has 0 amide bonds. The molecule has 0 atom stereocenters. The summed E-state index contributed by atoms with van der Waals surface area (Å²) in [6, 6.07) is 10.8. The molecule has 0 unspecified atom stereocenters. The SMILES string of the molecule is COC(=O)c1ccc(OCCOCCOCCOCCOS(=O)(=O)c2ccc(C)cc2)cc1C(=O)OC. The number of benzene rings is 2. The number of hydrogen-bond donors (Lipinski definition) is 0. The van der Waals surface area contributed by atoms with E-state index in [1.54, 1.807) is 18.2 Å². The topological polar surface area (TPSA) is 133 Å². The zero-order valence-electron chi connectivity index (χ0n) is 21.1. The van der Waals surface area contributed by atoms with Crippen molar-refractivity contribution in [2.24, 2.45) is 0 Å². The molecule has 0 aliphatic carbocycles. The normalized spacial score (nSPS) is 11.2. The molecule has 2 aromatic carbocycles. The van der Waals surface area contributed by atoms with E-state index < -0.39 is 22.1 Å². The van der Waals surface area contributed by atoms with Crippen LogP contribution in [0.5, 0.6) is 5.75 Å².